The number of rotatable bonds is 8. The normalized spacial score (nSPS) is 13.3. The van der Waals surface area contributed by atoms with Crippen LogP contribution in [0.3, 0.4) is 0 Å². The fraction of sp³-hybridized carbons (Fsp3) is 0.346. The van der Waals surface area contributed by atoms with E-state index < -0.39 is 41.0 Å². The first-order chi connectivity index (χ1) is 16.7. The summed E-state index contributed by atoms with van der Waals surface area (Å²) in [5.74, 6) is -0.722. The van der Waals surface area contributed by atoms with Crippen LogP contribution in [0.25, 0.3) is 5.57 Å². The Kier molecular flexibility index (Phi) is 9.27. The molecule has 0 bridgehead atoms. The predicted molar refractivity (Wildman–Crippen MR) is 129 cm³/mol. The minimum absolute atomic E-state index is 0.0127. The Bertz CT molecular complexity index is 1140. The number of alkyl halides is 3. The monoisotopic (exact) mass is 506 g/mol. The molecule has 1 amide bonds. The van der Waals surface area contributed by atoms with Gasteiger partial charge in [-0.1, -0.05) is 36.4 Å². The standard InChI is InChI=1S/C26H29F3N2O5/c1-25(2,3)36-24(34)31-21(23(33)35-4)13-17-8-5-7-16(11-17)12-19(15-32)22(26(27,28)29)18-9-6-10-20(30)14-18/h5-11,14-15,21H,12-13,30H2,1-4H3,(H,31,34)/b22-19+/t21-/m0/s1. The third kappa shape index (κ3) is 8.44. The third-order valence-electron chi connectivity index (χ3n) is 4.92. The van der Waals surface area contributed by atoms with Crippen molar-refractivity contribution in [2.45, 2.75) is 51.4 Å². The fourth-order valence-corrected chi connectivity index (χ4v) is 3.52. The van der Waals surface area contributed by atoms with E-state index in [-0.39, 0.29) is 30.4 Å². The number of carbonyl (C=O) groups excluding carboxylic acids is 3. The molecule has 10 heteroatoms. The Morgan fingerprint density at radius 3 is 2.25 bits per heavy atom. The topological polar surface area (TPSA) is 108 Å². The van der Waals surface area contributed by atoms with E-state index in [1.165, 1.54) is 25.3 Å². The number of hydrogen-bond donors (Lipinski definition) is 2. The molecule has 0 spiro atoms. The van der Waals surface area contributed by atoms with E-state index in [0.29, 0.717) is 11.1 Å². The molecule has 0 aliphatic carbocycles. The molecule has 2 aromatic carbocycles. The molecule has 0 aliphatic heterocycles. The lowest BCUT2D eigenvalue weighted by Gasteiger charge is -2.22. The number of ether oxygens (including phenoxy) is 2. The van der Waals surface area contributed by atoms with Crippen LogP contribution in [0.2, 0.25) is 0 Å². The lowest BCUT2D eigenvalue weighted by Crippen LogP contribution is -2.45. The van der Waals surface area contributed by atoms with E-state index in [4.69, 9.17) is 15.2 Å². The number of halogens is 3. The second-order valence-corrected chi connectivity index (χ2v) is 9.06. The summed E-state index contributed by atoms with van der Waals surface area (Å²) in [7, 11) is 1.17. The van der Waals surface area contributed by atoms with Gasteiger partial charge in [-0.25, -0.2) is 9.59 Å². The minimum atomic E-state index is -4.80. The van der Waals surface area contributed by atoms with Gasteiger partial charge in [0.05, 0.1) is 12.7 Å². The zero-order valence-corrected chi connectivity index (χ0v) is 20.4. The highest BCUT2D eigenvalue weighted by Gasteiger charge is 2.37. The van der Waals surface area contributed by atoms with Crippen LogP contribution in [-0.4, -0.2) is 43.3 Å². The molecule has 1 atom stereocenters. The molecule has 0 aliphatic rings. The SMILES string of the molecule is COC(=O)[C@H](Cc1cccc(C/C(C=O)=C(/c2cccc(N)c2)C(F)(F)F)c1)NC(=O)OC(C)(C)C. The molecule has 2 rings (SSSR count). The van der Waals surface area contributed by atoms with Gasteiger partial charge in [-0.2, -0.15) is 13.2 Å². The number of anilines is 1. The molecule has 3 N–H and O–H groups in total. The van der Waals surface area contributed by atoms with Crippen LogP contribution in [0.1, 0.15) is 37.5 Å². The number of aldehydes is 1. The number of alkyl carbamates (subject to hydrolysis) is 1. The lowest BCUT2D eigenvalue weighted by atomic mass is 9.93. The number of hydrogen-bond acceptors (Lipinski definition) is 6. The van der Waals surface area contributed by atoms with Gasteiger partial charge in [0.1, 0.15) is 17.9 Å². The molecule has 7 nitrogen and oxygen atoms in total. The highest BCUT2D eigenvalue weighted by molar-refractivity contribution is 5.91. The largest absolute Gasteiger partial charge is 0.467 e. The number of allylic oxidation sites excluding steroid dienone is 2. The Hall–Kier alpha value is -3.82. The predicted octanol–water partition coefficient (Wildman–Crippen LogP) is 4.64. The fourth-order valence-electron chi connectivity index (χ4n) is 3.52. The van der Waals surface area contributed by atoms with Crippen LogP contribution in [0, 0.1) is 0 Å². The van der Waals surface area contributed by atoms with Crippen LogP contribution < -0.4 is 11.1 Å². The zero-order chi connectivity index (χ0) is 27.1. The van der Waals surface area contributed by atoms with Gasteiger partial charge in [0.2, 0.25) is 0 Å². The average molecular weight is 507 g/mol. The number of nitrogens with one attached hydrogen (secondary N) is 1. The first kappa shape index (κ1) is 28.4. The van der Waals surface area contributed by atoms with Gasteiger partial charge < -0.3 is 20.5 Å². The van der Waals surface area contributed by atoms with Gasteiger partial charge in [-0.05, 0) is 49.6 Å². The van der Waals surface area contributed by atoms with Crippen LogP contribution in [-0.2, 0) is 31.9 Å². The number of benzene rings is 2. The first-order valence-corrected chi connectivity index (χ1v) is 11.0. The van der Waals surface area contributed by atoms with Crippen molar-refractivity contribution in [3.05, 3.63) is 70.8 Å². The van der Waals surface area contributed by atoms with Crippen molar-refractivity contribution in [3.8, 4) is 0 Å². The van der Waals surface area contributed by atoms with Crippen LogP contribution >= 0.6 is 0 Å². The van der Waals surface area contributed by atoms with E-state index in [1.54, 1.807) is 45.0 Å². The summed E-state index contributed by atoms with van der Waals surface area (Å²) < 4.78 is 51.7. The summed E-state index contributed by atoms with van der Waals surface area (Å²) in [5, 5.41) is 2.45. The van der Waals surface area contributed by atoms with Gasteiger partial charge in [0.25, 0.3) is 0 Å². The second kappa shape index (κ2) is 11.7. The molecule has 0 heterocycles. The highest BCUT2D eigenvalue weighted by atomic mass is 19.4. The van der Waals surface area contributed by atoms with Gasteiger partial charge in [-0.15, -0.1) is 0 Å². The molecule has 0 unspecified atom stereocenters. The van der Waals surface area contributed by atoms with E-state index in [1.807, 2.05) is 0 Å². The molecule has 194 valence electrons. The molecule has 0 saturated carbocycles. The summed E-state index contributed by atoms with van der Waals surface area (Å²) in [6.07, 6.45) is -5.77. The summed E-state index contributed by atoms with van der Waals surface area (Å²) in [4.78, 5) is 36.2. The number of nitrogen functional groups attached to an aromatic ring is 1. The number of methoxy groups -OCH3 is 1. The molecule has 2 aromatic rings. The molecular weight excluding hydrogens is 477 g/mol. The van der Waals surface area contributed by atoms with Gasteiger partial charge >= 0.3 is 18.2 Å². The van der Waals surface area contributed by atoms with E-state index >= 15 is 0 Å². The number of nitrogens with two attached hydrogens (primary N) is 1. The van der Waals surface area contributed by atoms with Crippen molar-refractivity contribution in [1.82, 2.24) is 5.32 Å². The quantitative estimate of drug-likeness (QED) is 0.234. The molecular formula is C26H29F3N2O5. The zero-order valence-electron chi connectivity index (χ0n) is 20.4. The molecule has 0 radical (unpaired) electrons. The van der Waals surface area contributed by atoms with Crippen molar-refractivity contribution in [3.63, 3.8) is 0 Å². The minimum Gasteiger partial charge on any atom is -0.467 e. The van der Waals surface area contributed by atoms with E-state index in [2.05, 4.69) is 5.32 Å². The Morgan fingerprint density at radius 1 is 1.06 bits per heavy atom. The first-order valence-electron chi connectivity index (χ1n) is 11.0. The molecule has 36 heavy (non-hydrogen) atoms. The van der Waals surface area contributed by atoms with Crippen molar-refractivity contribution in [1.29, 1.82) is 0 Å². The summed E-state index contributed by atoms with van der Waals surface area (Å²) in [6, 6.07) is 10.5. The van der Waals surface area contributed by atoms with Crippen LogP contribution in [0.4, 0.5) is 23.7 Å². The maximum atomic E-state index is 13.9. The third-order valence-corrected chi connectivity index (χ3v) is 4.92. The summed E-state index contributed by atoms with van der Waals surface area (Å²) in [5.41, 5.74) is 4.16. The summed E-state index contributed by atoms with van der Waals surface area (Å²) >= 11 is 0. The summed E-state index contributed by atoms with van der Waals surface area (Å²) in [6.45, 7) is 5.00. The lowest BCUT2D eigenvalue weighted by molar-refractivity contribution is -0.143. The van der Waals surface area contributed by atoms with Crippen LogP contribution in [0.5, 0.6) is 0 Å². The number of esters is 1. The molecule has 0 fully saturated rings. The van der Waals surface area contributed by atoms with E-state index in [9.17, 15) is 27.6 Å². The molecule has 0 saturated heterocycles. The maximum absolute atomic E-state index is 13.9. The Morgan fingerprint density at radius 2 is 1.69 bits per heavy atom. The smallest absolute Gasteiger partial charge is 0.417 e. The molecule has 0 aromatic heterocycles. The van der Waals surface area contributed by atoms with Gasteiger partial charge in [-0.3, -0.25) is 4.79 Å². The number of amides is 1. The van der Waals surface area contributed by atoms with Crippen molar-refractivity contribution >= 4 is 29.6 Å². The second-order valence-electron chi connectivity index (χ2n) is 9.06. The van der Waals surface area contributed by atoms with Crippen LogP contribution in [0.15, 0.2) is 54.1 Å². The van der Waals surface area contributed by atoms with Crippen molar-refractivity contribution in [2.24, 2.45) is 0 Å². The van der Waals surface area contributed by atoms with Gasteiger partial charge in [0.15, 0.2) is 0 Å². The Labute approximate surface area is 207 Å². The van der Waals surface area contributed by atoms with E-state index in [0.717, 1.165) is 6.07 Å². The highest BCUT2D eigenvalue weighted by Crippen LogP contribution is 2.37. The maximum Gasteiger partial charge on any atom is 0.417 e. The Balaban J connectivity index is 2.36. The van der Waals surface area contributed by atoms with Gasteiger partial charge in [0, 0.05) is 24.1 Å². The average Bonchev–Trinajstić information content (AvgIpc) is 2.75. The van der Waals surface area contributed by atoms with Crippen molar-refractivity contribution < 1.29 is 37.0 Å². The van der Waals surface area contributed by atoms with Crippen molar-refractivity contribution in [2.75, 3.05) is 12.8 Å². The number of carbonyl (C=O) groups is 3.